The minimum Gasteiger partial charge on any atom is -0.495 e. The van der Waals surface area contributed by atoms with Crippen molar-refractivity contribution in [2.45, 2.75) is 17.7 Å². The number of piperidine rings is 1. The van der Waals surface area contributed by atoms with E-state index in [2.05, 4.69) is 10.6 Å². The second kappa shape index (κ2) is 8.12. The number of rotatable bonds is 5. The van der Waals surface area contributed by atoms with Crippen LogP contribution in [0.2, 0.25) is 0 Å². The van der Waals surface area contributed by atoms with E-state index in [1.54, 1.807) is 24.3 Å². The molecule has 0 aliphatic carbocycles. The van der Waals surface area contributed by atoms with Crippen LogP contribution >= 0.6 is 0 Å². The van der Waals surface area contributed by atoms with Crippen LogP contribution in [0, 0.1) is 5.92 Å². The van der Waals surface area contributed by atoms with Crippen molar-refractivity contribution < 1.29 is 27.5 Å². The highest BCUT2D eigenvalue weighted by Crippen LogP contribution is 2.29. The van der Waals surface area contributed by atoms with Gasteiger partial charge in [0, 0.05) is 19.0 Å². The molecule has 2 N–H and O–H groups in total. The SMILES string of the molecule is COc1ccccc1NC(=O)C1CCN(S(=O)(=O)c2ccc3c(c2)C(=O)NC3=O)CC1. The number of para-hydroxylation sites is 2. The Morgan fingerprint density at radius 3 is 2.45 bits per heavy atom. The van der Waals surface area contributed by atoms with Gasteiger partial charge in [0.2, 0.25) is 15.9 Å². The number of hydrogen-bond donors (Lipinski definition) is 2. The maximum Gasteiger partial charge on any atom is 0.258 e. The van der Waals surface area contributed by atoms with Crippen molar-refractivity contribution in [3.05, 3.63) is 53.6 Å². The molecule has 1 saturated heterocycles. The third kappa shape index (κ3) is 3.91. The van der Waals surface area contributed by atoms with E-state index < -0.39 is 21.8 Å². The number of nitrogens with zero attached hydrogens (tertiary/aromatic N) is 1. The number of amides is 3. The molecule has 2 aliphatic heterocycles. The van der Waals surface area contributed by atoms with Gasteiger partial charge in [-0.05, 0) is 43.2 Å². The van der Waals surface area contributed by atoms with E-state index in [9.17, 15) is 22.8 Å². The Kier molecular flexibility index (Phi) is 5.50. The lowest BCUT2D eigenvalue weighted by atomic mass is 9.97. The number of sulfonamides is 1. The number of imide groups is 1. The molecule has 3 amide bonds. The largest absolute Gasteiger partial charge is 0.495 e. The third-order valence-electron chi connectivity index (χ3n) is 5.53. The highest BCUT2D eigenvalue weighted by Gasteiger charge is 2.34. The monoisotopic (exact) mass is 443 g/mol. The van der Waals surface area contributed by atoms with Crippen LogP contribution in [0.5, 0.6) is 5.75 Å². The molecule has 0 radical (unpaired) electrons. The first-order valence-corrected chi connectivity index (χ1v) is 11.2. The maximum atomic E-state index is 13.0. The molecule has 1 fully saturated rings. The second-order valence-electron chi connectivity index (χ2n) is 7.36. The fourth-order valence-electron chi connectivity index (χ4n) is 3.80. The van der Waals surface area contributed by atoms with Crippen molar-refractivity contribution >= 4 is 33.4 Å². The molecule has 2 aliphatic rings. The van der Waals surface area contributed by atoms with Crippen LogP contribution in [-0.2, 0) is 14.8 Å². The second-order valence-corrected chi connectivity index (χ2v) is 9.30. The van der Waals surface area contributed by atoms with Crippen molar-refractivity contribution in [3.8, 4) is 5.75 Å². The number of anilines is 1. The highest BCUT2D eigenvalue weighted by atomic mass is 32.2. The average Bonchev–Trinajstić information content (AvgIpc) is 3.07. The molecule has 0 bridgehead atoms. The first-order valence-electron chi connectivity index (χ1n) is 9.75. The summed E-state index contributed by atoms with van der Waals surface area (Å²) < 4.78 is 32.6. The van der Waals surface area contributed by atoms with E-state index in [0.29, 0.717) is 24.3 Å². The zero-order valence-electron chi connectivity index (χ0n) is 16.8. The van der Waals surface area contributed by atoms with Crippen molar-refractivity contribution in [2.75, 3.05) is 25.5 Å². The molecule has 4 rings (SSSR count). The summed E-state index contributed by atoms with van der Waals surface area (Å²) in [4.78, 5) is 36.1. The summed E-state index contributed by atoms with van der Waals surface area (Å²) in [5.41, 5.74) is 0.781. The Labute approximate surface area is 179 Å². The van der Waals surface area contributed by atoms with Gasteiger partial charge in [-0.3, -0.25) is 19.7 Å². The summed E-state index contributed by atoms with van der Waals surface area (Å²) >= 11 is 0. The summed E-state index contributed by atoms with van der Waals surface area (Å²) in [6.45, 7) is 0.350. The van der Waals surface area contributed by atoms with Gasteiger partial charge in [0.25, 0.3) is 11.8 Å². The van der Waals surface area contributed by atoms with E-state index in [4.69, 9.17) is 4.74 Å². The lowest BCUT2D eigenvalue weighted by Crippen LogP contribution is -2.41. The zero-order valence-corrected chi connectivity index (χ0v) is 17.6. The number of carbonyl (C=O) groups excluding carboxylic acids is 3. The Morgan fingerprint density at radius 2 is 1.74 bits per heavy atom. The first-order chi connectivity index (χ1) is 14.8. The number of carbonyl (C=O) groups is 3. The van der Waals surface area contributed by atoms with Crippen LogP contribution in [0.4, 0.5) is 5.69 Å². The van der Waals surface area contributed by atoms with Crippen molar-refractivity contribution in [3.63, 3.8) is 0 Å². The van der Waals surface area contributed by atoms with Crippen LogP contribution < -0.4 is 15.4 Å². The topological polar surface area (TPSA) is 122 Å². The number of benzene rings is 2. The quantitative estimate of drug-likeness (QED) is 0.677. The smallest absolute Gasteiger partial charge is 0.258 e. The van der Waals surface area contributed by atoms with Crippen LogP contribution in [0.3, 0.4) is 0 Å². The molecule has 162 valence electrons. The summed E-state index contributed by atoms with van der Waals surface area (Å²) in [7, 11) is -2.33. The molecule has 9 nitrogen and oxygen atoms in total. The van der Waals surface area contributed by atoms with E-state index in [-0.39, 0.29) is 40.9 Å². The van der Waals surface area contributed by atoms with E-state index >= 15 is 0 Å². The van der Waals surface area contributed by atoms with Crippen LogP contribution in [0.1, 0.15) is 33.6 Å². The van der Waals surface area contributed by atoms with Crippen molar-refractivity contribution in [1.82, 2.24) is 9.62 Å². The molecule has 2 heterocycles. The molecule has 2 aromatic carbocycles. The van der Waals surface area contributed by atoms with Gasteiger partial charge in [-0.2, -0.15) is 4.31 Å². The van der Waals surface area contributed by atoms with E-state index in [1.807, 2.05) is 0 Å². The van der Waals surface area contributed by atoms with E-state index in [1.165, 1.54) is 29.6 Å². The molecular formula is C21H21N3O6S. The zero-order chi connectivity index (χ0) is 22.2. The van der Waals surface area contributed by atoms with Crippen molar-refractivity contribution in [2.24, 2.45) is 5.92 Å². The molecule has 31 heavy (non-hydrogen) atoms. The number of hydrogen-bond acceptors (Lipinski definition) is 6. The van der Waals surface area contributed by atoms with Gasteiger partial charge in [-0.25, -0.2) is 8.42 Å². The average molecular weight is 443 g/mol. The predicted molar refractivity (Wildman–Crippen MR) is 111 cm³/mol. The van der Waals surface area contributed by atoms with Gasteiger partial charge in [0.15, 0.2) is 0 Å². The molecule has 0 saturated carbocycles. The summed E-state index contributed by atoms with van der Waals surface area (Å²) in [6.07, 6.45) is 0.730. The number of fused-ring (bicyclic) bond motifs is 1. The molecule has 2 aromatic rings. The Bertz CT molecular complexity index is 1170. The maximum absolute atomic E-state index is 13.0. The number of methoxy groups -OCH3 is 1. The predicted octanol–water partition coefficient (Wildman–Crippen LogP) is 1.62. The molecule has 10 heteroatoms. The molecule has 0 spiro atoms. The summed E-state index contributed by atoms with van der Waals surface area (Å²) in [5, 5.41) is 4.99. The van der Waals surface area contributed by atoms with Gasteiger partial charge in [-0.15, -0.1) is 0 Å². The minimum atomic E-state index is -3.85. The molecule has 0 atom stereocenters. The van der Waals surface area contributed by atoms with Gasteiger partial charge in [0.1, 0.15) is 5.75 Å². The first kappa shape index (κ1) is 21.0. The minimum absolute atomic E-state index is 0.0481. The van der Waals surface area contributed by atoms with Gasteiger partial charge < -0.3 is 10.1 Å². The molecule has 0 aromatic heterocycles. The third-order valence-corrected chi connectivity index (χ3v) is 7.43. The van der Waals surface area contributed by atoms with Crippen LogP contribution in [0.25, 0.3) is 0 Å². The molecular weight excluding hydrogens is 422 g/mol. The van der Waals surface area contributed by atoms with Crippen LogP contribution in [-0.4, -0.2) is 50.6 Å². The standard InChI is InChI=1S/C21H21N3O6S/c1-30-18-5-3-2-4-17(18)22-19(25)13-8-10-24(11-9-13)31(28,29)14-6-7-15-16(12-14)21(27)23-20(15)26/h2-7,12-13H,8-11H2,1H3,(H,22,25)(H,23,26,27). The lowest BCUT2D eigenvalue weighted by Gasteiger charge is -2.30. The van der Waals surface area contributed by atoms with Crippen molar-refractivity contribution in [1.29, 1.82) is 0 Å². The van der Waals surface area contributed by atoms with Gasteiger partial charge in [-0.1, -0.05) is 12.1 Å². The number of ether oxygens (including phenoxy) is 1. The Morgan fingerprint density at radius 1 is 1.06 bits per heavy atom. The van der Waals surface area contributed by atoms with Gasteiger partial charge in [0.05, 0.1) is 28.8 Å². The summed E-state index contributed by atoms with van der Waals surface area (Å²) in [5.74, 6) is -1.11. The number of nitrogens with one attached hydrogen (secondary N) is 2. The van der Waals surface area contributed by atoms with Gasteiger partial charge >= 0.3 is 0 Å². The Balaban J connectivity index is 1.44. The summed E-state index contributed by atoms with van der Waals surface area (Å²) in [6, 6.07) is 11.0. The highest BCUT2D eigenvalue weighted by molar-refractivity contribution is 7.89. The molecule has 0 unspecified atom stereocenters. The van der Waals surface area contributed by atoms with E-state index in [0.717, 1.165) is 0 Å². The Hall–Kier alpha value is -3.24. The lowest BCUT2D eigenvalue weighted by molar-refractivity contribution is -0.120. The fourth-order valence-corrected chi connectivity index (χ4v) is 5.29. The normalized spacial score (nSPS) is 17.2. The fraction of sp³-hybridized carbons (Fsp3) is 0.286. The van der Waals surface area contributed by atoms with Crippen LogP contribution in [0.15, 0.2) is 47.4 Å².